The number of rotatable bonds is 3. The number of carbonyl (C=O) groups is 2. The predicted molar refractivity (Wildman–Crippen MR) is 114 cm³/mol. The van der Waals surface area contributed by atoms with Crippen LogP contribution in [0.25, 0.3) is 0 Å². The lowest BCUT2D eigenvalue weighted by Crippen LogP contribution is -2.47. The molecule has 0 unspecified atom stereocenters. The minimum Gasteiger partial charge on any atom is -0.482 e. The van der Waals surface area contributed by atoms with E-state index in [0.29, 0.717) is 41.1 Å². The Balaban J connectivity index is 1.42. The number of hydrogen-bond acceptors (Lipinski definition) is 4. The first-order valence-corrected chi connectivity index (χ1v) is 10.3. The van der Waals surface area contributed by atoms with Gasteiger partial charge < -0.3 is 14.5 Å². The number of anilines is 2. The summed E-state index contributed by atoms with van der Waals surface area (Å²) >= 11 is 12.2. The lowest BCUT2D eigenvalue weighted by molar-refractivity contribution is -0.131. The van der Waals surface area contributed by atoms with E-state index in [4.69, 9.17) is 27.9 Å². The fourth-order valence-electron chi connectivity index (χ4n) is 3.67. The summed E-state index contributed by atoms with van der Waals surface area (Å²) in [7, 11) is 0. The van der Waals surface area contributed by atoms with Crippen LogP contribution in [0.3, 0.4) is 0 Å². The van der Waals surface area contributed by atoms with Crippen LogP contribution in [0, 0.1) is 0 Å². The van der Waals surface area contributed by atoms with Crippen molar-refractivity contribution in [2.75, 3.05) is 49.1 Å². The highest BCUT2D eigenvalue weighted by Gasteiger charge is 2.29. The molecule has 2 heterocycles. The zero-order valence-electron chi connectivity index (χ0n) is 15.8. The number of hydrogen-bond donors (Lipinski definition) is 0. The average molecular weight is 434 g/mol. The summed E-state index contributed by atoms with van der Waals surface area (Å²) in [5, 5.41) is 1.04. The fraction of sp³-hybridized carbons (Fsp3) is 0.333. The molecule has 6 nitrogen and oxygen atoms in total. The van der Waals surface area contributed by atoms with Crippen molar-refractivity contribution < 1.29 is 14.3 Å². The van der Waals surface area contributed by atoms with Crippen LogP contribution < -0.4 is 14.5 Å². The molecule has 0 spiro atoms. The van der Waals surface area contributed by atoms with Crippen molar-refractivity contribution in [1.82, 2.24) is 4.90 Å². The number of halogens is 2. The van der Waals surface area contributed by atoms with Crippen LogP contribution in [0.4, 0.5) is 11.4 Å². The molecule has 2 aromatic rings. The number of para-hydroxylation sites is 2. The van der Waals surface area contributed by atoms with E-state index >= 15 is 0 Å². The summed E-state index contributed by atoms with van der Waals surface area (Å²) in [4.78, 5) is 30.8. The summed E-state index contributed by atoms with van der Waals surface area (Å²) in [5.41, 5.74) is 1.63. The van der Waals surface area contributed by atoms with Gasteiger partial charge >= 0.3 is 0 Å². The van der Waals surface area contributed by atoms with Crippen LogP contribution in [-0.2, 0) is 9.59 Å². The fourth-order valence-corrected chi connectivity index (χ4v) is 3.96. The molecular weight excluding hydrogens is 413 g/mol. The van der Waals surface area contributed by atoms with E-state index in [9.17, 15) is 9.59 Å². The summed E-state index contributed by atoms with van der Waals surface area (Å²) < 4.78 is 5.45. The molecule has 2 aliphatic rings. The predicted octanol–water partition coefficient (Wildman–Crippen LogP) is 3.46. The molecule has 29 heavy (non-hydrogen) atoms. The van der Waals surface area contributed by atoms with Crippen molar-refractivity contribution in [1.29, 1.82) is 0 Å². The zero-order valence-corrected chi connectivity index (χ0v) is 17.3. The van der Waals surface area contributed by atoms with Crippen LogP contribution in [-0.4, -0.2) is 56.0 Å². The number of benzene rings is 2. The van der Waals surface area contributed by atoms with E-state index in [-0.39, 0.29) is 25.0 Å². The molecule has 4 rings (SSSR count). The lowest BCUT2D eigenvalue weighted by atomic mass is 10.2. The van der Waals surface area contributed by atoms with Gasteiger partial charge in [0.25, 0.3) is 5.91 Å². The molecule has 8 heteroatoms. The minimum atomic E-state index is -0.204. The highest BCUT2D eigenvalue weighted by Crippen LogP contribution is 2.31. The van der Waals surface area contributed by atoms with E-state index in [2.05, 4.69) is 4.90 Å². The Bertz CT molecular complexity index is 937. The van der Waals surface area contributed by atoms with Gasteiger partial charge in [-0.05, 0) is 36.8 Å². The quantitative estimate of drug-likeness (QED) is 0.743. The Morgan fingerprint density at radius 3 is 2.66 bits per heavy atom. The maximum atomic E-state index is 13.0. The molecule has 1 saturated heterocycles. The van der Waals surface area contributed by atoms with Crippen LogP contribution in [0.1, 0.15) is 6.42 Å². The third kappa shape index (κ3) is 4.28. The first-order chi connectivity index (χ1) is 14.0. The van der Waals surface area contributed by atoms with Crippen LogP contribution in [0.2, 0.25) is 10.0 Å². The second kappa shape index (κ2) is 8.51. The van der Waals surface area contributed by atoms with E-state index in [0.717, 1.165) is 18.7 Å². The Morgan fingerprint density at radius 1 is 1.00 bits per heavy atom. The largest absolute Gasteiger partial charge is 0.482 e. The minimum absolute atomic E-state index is 0.0198. The molecule has 0 atom stereocenters. The van der Waals surface area contributed by atoms with Crippen LogP contribution in [0.15, 0.2) is 42.5 Å². The summed E-state index contributed by atoms with van der Waals surface area (Å²) in [5.74, 6) is 0.358. The van der Waals surface area contributed by atoms with Gasteiger partial charge in [-0.15, -0.1) is 0 Å². The van der Waals surface area contributed by atoms with E-state index in [1.807, 2.05) is 29.2 Å². The van der Waals surface area contributed by atoms with Crippen molar-refractivity contribution in [2.45, 2.75) is 6.42 Å². The van der Waals surface area contributed by atoms with Gasteiger partial charge in [0.2, 0.25) is 5.91 Å². The highest BCUT2D eigenvalue weighted by atomic mass is 35.5. The number of fused-ring (bicyclic) bond motifs is 1. The third-order valence-corrected chi connectivity index (χ3v) is 5.96. The summed E-state index contributed by atoms with van der Waals surface area (Å²) in [6.07, 6.45) is 0.833. The molecule has 0 aromatic heterocycles. The zero-order chi connectivity index (χ0) is 20.4. The van der Waals surface area contributed by atoms with Crippen molar-refractivity contribution >= 4 is 46.4 Å². The van der Waals surface area contributed by atoms with E-state index in [1.54, 1.807) is 18.2 Å². The monoisotopic (exact) mass is 433 g/mol. The summed E-state index contributed by atoms with van der Waals surface area (Å²) in [6, 6.07) is 12.9. The normalized spacial score (nSPS) is 16.9. The third-order valence-electron chi connectivity index (χ3n) is 5.22. The van der Waals surface area contributed by atoms with Crippen molar-refractivity contribution in [3.8, 4) is 5.75 Å². The Morgan fingerprint density at radius 2 is 1.83 bits per heavy atom. The van der Waals surface area contributed by atoms with Gasteiger partial charge in [-0.1, -0.05) is 35.3 Å². The van der Waals surface area contributed by atoms with Crippen molar-refractivity contribution in [3.05, 3.63) is 52.5 Å². The van der Waals surface area contributed by atoms with E-state index in [1.165, 1.54) is 4.90 Å². The SMILES string of the molecule is O=C(CN1C(=O)COc2ccccc21)N1CCCN(c2ccc(Cl)c(Cl)c2)CC1. The molecule has 0 radical (unpaired) electrons. The molecule has 0 aliphatic carbocycles. The Kier molecular flexibility index (Phi) is 5.83. The van der Waals surface area contributed by atoms with Gasteiger partial charge in [0.05, 0.1) is 15.7 Å². The molecule has 2 amide bonds. The molecule has 1 fully saturated rings. The first kappa shape index (κ1) is 19.9. The second-order valence-corrected chi connectivity index (χ2v) is 7.87. The van der Waals surface area contributed by atoms with Gasteiger partial charge in [0.15, 0.2) is 6.61 Å². The molecule has 0 bridgehead atoms. The van der Waals surface area contributed by atoms with Gasteiger partial charge in [-0.3, -0.25) is 14.5 Å². The molecule has 0 N–H and O–H groups in total. The maximum absolute atomic E-state index is 13.0. The van der Waals surface area contributed by atoms with Crippen LogP contribution >= 0.6 is 23.2 Å². The number of nitrogens with zero attached hydrogens (tertiary/aromatic N) is 3. The molecular formula is C21H21Cl2N3O3. The molecule has 2 aliphatic heterocycles. The maximum Gasteiger partial charge on any atom is 0.265 e. The van der Waals surface area contributed by atoms with Gasteiger partial charge in [0, 0.05) is 31.9 Å². The van der Waals surface area contributed by atoms with Crippen LogP contribution in [0.5, 0.6) is 5.75 Å². The standard InChI is InChI=1S/C21H21Cl2N3O3/c22-16-7-6-15(12-17(16)23)24-8-3-9-25(11-10-24)20(27)13-26-18-4-1-2-5-19(18)29-14-21(26)28/h1-2,4-7,12H,3,8-11,13-14H2. The number of amides is 2. The molecule has 0 saturated carbocycles. The highest BCUT2D eigenvalue weighted by molar-refractivity contribution is 6.42. The molecule has 152 valence electrons. The smallest absolute Gasteiger partial charge is 0.265 e. The van der Waals surface area contributed by atoms with Crippen molar-refractivity contribution in [3.63, 3.8) is 0 Å². The van der Waals surface area contributed by atoms with Gasteiger partial charge in [-0.25, -0.2) is 0 Å². The van der Waals surface area contributed by atoms with Crippen molar-refractivity contribution in [2.24, 2.45) is 0 Å². The number of ether oxygens (including phenoxy) is 1. The van der Waals surface area contributed by atoms with Gasteiger partial charge in [0.1, 0.15) is 12.3 Å². The molecule has 2 aromatic carbocycles. The Labute approximate surface area is 179 Å². The summed E-state index contributed by atoms with van der Waals surface area (Å²) in [6.45, 7) is 2.72. The lowest BCUT2D eigenvalue weighted by Gasteiger charge is -2.31. The topological polar surface area (TPSA) is 53.1 Å². The second-order valence-electron chi connectivity index (χ2n) is 7.06. The first-order valence-electron chi connectivity index (χ1n) is 9.53. The Hall–Kier alpha value is -2.44. The number of carbonyl (C=O) groups excluding carboxylic acids is 2. The van der Waals surface area contributed by atoms with Gasteiger partial charge in [-0.2, -0.15) is 0 Å². The average Bonchev–Trinajstić information content (AvgIpc) is 2.98. The van der Waals surface area contributed by atoms with E-state index < -0.39 is 0 Å².